The lowest BCUT2D eigenvalue weighted by molar-refractivity contribution is -0.118. The molecule has 0 heterocycles. The zero-order valence-corrected chi connectivity index (χ0v) is 11.0. The van der Waals surface area contributed by atoms with E-state index in [2.05, 4.69) is 0 Å². The minimum Gasteiger partial charge on any atom is -0.508 e. The summed E-state index contributed by atoms with van der Waals surface area (Å²) in [6.45, 7) is 2.93. The Hall–Kier alpha value is -1.60. The first-order valence-electron chi connectivity index (χ1n) is 5.34. The molecular weight excluding hydrogens is 256 g/mol. The first-order chi connectivity index (χ1) is 8.25. The van der Waals surface area contributed by atoms with Gasteiger partial charge in [0.15, 0.2) is 0 Å². The van der Waals surface area contributed by atoms with Crippen molar-refractivity contribution in [2.75, 3.05) is 6.54 Å². The first-order valence-corrected chi connectivity index (χ1v) is 6.78. The van der Waals surface area contributed by atoms with Gasteiger partial charge in [0.2, 0.25) is 15.9 Å². The van der Waals surface area contributed by atoms with Crippen LogP contribution in [0, 0.1) is 0 Å². The third kappa shape index (κ3) is 3.21. The second-order valence-electron chi connectivity index (χ2n) is 4.10. The Morgan fingerprint density at radius 3 is 2.22 bits per heavy atom. The Morgan fingerprint density at radius 1 is 1.33 bits per heavy atom. The van der Waals surface area contributed by atoms with Gasteiger partial charge in [0, 0.05) is 6.04 Å². The molecule has 18 heavy (non-hydrogen) atoms. The molecule has 1 amide bonds. The second-order valence-corrected chi connectivity index (χ2v) is 5.99. The number of carbonyl (C=O) groups is 1. The summed E-state index contributed by atoms with van der Waals surface area (Å²) in [4.78, 5) is 10.9. The minimum atomic E-state index is -3.79. The molecule has 0 saturated carbocycles. The van der Waals surface area contributed by atoms with Crippen LogP contribution in [0.25, 0.3) is 0 Å². The summed E-state index contributed by atoms with van der Waals surface area (Å²) in [6.07, 6.45) is 0. The first kappa shape index (κ1) is 14.5. The number of carbonyl (C=O) groups excluding carboxylic acids is 1. The summed E-state index contributed by atoms with van der Waals surface area (Å²) in [5.74, 6) is -0.744. The molecule has 0 aliphatic heterocycles. The number of hydrogen-bond donors (Lipinski definition) is 2. The molecule has 0 aromatic heterocycles. The number of amides is 1. The lowest BCUT2D eigenvalue weighted by Gasteiger charge is -2.24. The van der Waals surface area contributed by atoms with Crippen molar-refractivity contribution >= 4 is 15.9 Å². The van der Waals surface area contributed by atoms with E-state index in [1.54, 1.807) is 13.8 Å². The van der Waals surface area contributed by atoms with E-state index in [1.807, 2.05) is 0 Å². The fourth-order valence-corrected chi connectivity index (χ4v) is 3.06. The quantitative estimate of drug-likeness (QED) is 0.803. The van der Waals surface area contributed by atoms with Gasteiger partial charge in [0.25, 0.3) is 0 Å². The van der Waals surface area contributed by atoms with E-state index < -0.39 is 22.0 Å². The molecule has 0 fully saturated rings. The fourth-order valence-electron chi connectivity index (χ4n) is 1.45. The highest BCUT2D eigenvalue weighted by atomic mass is 32.2. The molecule has 7 heteroatoms. The molecule has 3 N–H and O–H groups in total. The van der Waals surface area contributed by atoms with Gasteiger partial charge < -0.3 is 10.8 Å². The summed E-state index contributed by atoms with van der Waals surface area (Å²) in [5, 5.41) is 9.13. The molecule has 0 aliphatic carbocycles. The number of sulfonamides is 1. The Labute approximate surface area is 106 Å². The van der Waals surface area contributed by atoms with Crippen molar-refractivity contribution in [2.24, 2.45) is 5.73 Å². The van der Waals surface area contributed by atoms with Crippen LogP contribution in [0.5, 0.6) is 5.75 Å². The SMILES string of the molecule is CC(C)N(CC(N)=O)S(=O)(=O)c1ccc(O)cc1. The molecule has 0 saturated heterocycles. The Bertz CT molecular complexity index is 522. The van der Waals surface area contributed by atoms with Crippen LogP contribution in [0.15, 0.2) is 29.2 Å². The van der Waals surface area contributed by atoms with Crippen LogP contribution in [0.2, 0.25) is 0 Å². The van der Waals surface area contributed by atoms with Crippen LogP contribution in [-0.4, -0.2) is 36.3 Å². The number of nitrogens with zero attached hydrogens (tertiary/aromatic N) is 1. The average molecular weight is 272 g/mol. The lowest BCUT2D eigenvalue weighted by atomic mass is 10.3. The highest BCUT2D eigenvalue weighted by molar-refractivity contribution is 7.89. The van der Waals surface area contributed by atoms with E-state index in [9.17, 15) is 13.2 Å². The summed E-state index contributed by atoms with van der Waals surface area (Å²) in [6, 6.07) is 4.71. The van der Waals surface area contributed by atoms with E-state index in [4.69, 9.17) is 10.8 Å². The molecule has 0 unspecified atom stereocenters. The molecule has 1 aromatic rings. The molecule has 0 bridgehead atoms. The van der Waals surface area contributed by atoms with Crippen LogP contribution >= 0.6 is 0 Å². The number of phenols is 1. The van der Waals surface area contributed by atoms with Crippen LogP contribution in [-0.2, 0) is 14.8 Å². The van der Waals surface area contributed by atoms with Crippen LogP contribution < -0.4 is 5.73 Å². The number of primary amides is 1. The minimum absolute atomic E-state index is 0.00949. The molecular formula is C11H16N2O4S. The largest absolute Gasteiger partial charge is 0.508 e. The number of aromatic hydroxyl groups is 1. The fraction of sp³-hybridized carbons (Fsp3) is 0.364. The molecule has 0 atom stereocenters. The van der Waals surface area contributed by atoms with E-state index in [1.165, 1.54) is 24.3 Å². The van der Waals surface area contributed by atoms with E-state index in [-0.39, 0.29) is 17.2 Å². The van der Waals surface area contributed by atoms with Crippen molar-refractivity contribution in [2.45, 2.75) is 24.8 Å². The summed E-state index contributed by atoms with van der Waals surface area (Å²) < 4.78 is 25.5. The van der Waals surface area contributed by atoms with Crippen LogP contribution in [0.3, 0.4) is 0 Å². The van der Waals surface area contributed by atoms with Crippen molar-refractivity contribution < 1.29 is 18.3 Å². The Balaban J connectivity index is 3.16. The molecule has 0 radical (unpaired) electrons. The monoisotopic (exact) mass is 272 g/mol. The second kappa shape index (κ2) is 5.36. The normalized spacial score (nSPS) is 12.0. The van der Waals surface area contributed by atoms with E-state index >= 15 is 0 Å². The van der Waals surface area contributed by atoms with Gasteiger partial charge in [-0.05, 0) is 38.1 Å². The Morgan fingerprint density at radius 2 is 1.83 bits per heavy atom. The number of benzene rings is 1. The zero-order chi connectivity index (χ0) is 13.9. The standard InChI is InChI=1S/C11H16N2O4S/c1-8(2)13(7-11(12)15)18(16,17)10-5-3-9(14)4-6-10/h3-6,8,14H,7H2,1-2H3,(H2,12,15). The molecule has 1 aromatic carbocycles. The van der Waals surface area contributed by atoms with Gasteiger partial charge in [0.05, 0.1) is 11.4 Å². The zero-order valence-electron chi connectivity index (χ0n) is 10.2. The van der Waals surface area contributed by atoms with Crippen LogP contribution in [0.4, 0.5) is 0 Å². The number of hydrogen-bond acceptors (Lipinski definition) is 4. The van der Waals surface area contributed by atoms with Gasteiger partial charge in [0.1, 0.15) is 5.75 Å². The molecule has 100 valence electrons. The van der Waals surface area contributed by atoms with Crippen molar-refractivity contribution in [1.29, 1.82) is 0 Å². The maximum atomic E-state index is 12.3. The average Bonchev–Trinajstić information content (AvgIpc) is 2.25. The molecule has 1 rings (SSSR count). The number of phenolic OH excluding ortho intramolecular Hbond substituents is 1. The summed E-state index contributed by atoms with van der Waals surface area (Å²) in [7, 11) is -3.79. The third-order valence-electron chi connectivity index (χ3n) is 2.33. The summed E-state index contributed by atoms with van der Waals surface area (Å²) in [5.41, 5.74) is 5.04. The summed E-state index contributed by atoms with van der Waals surface area (Å²) >= 11 is 0. The van der Waals surface area contributed by atoms with Crippen LogP contribution in [0.1, 0.15) is 13.8 Å². The Kier molecular flexibility index (Phi) is 4.31. The van der Waals surface area contributed by atoms with Crippen molar-refractivity contribution in [3.8, 4) is 5.75 Å². The highest BCUT2D eigenvalue weighted by Crippen LogP contribution is 2.20. The third-order valence-corrected chi connectivity index (χ3v) is 4.37. The molecule has 0 aliphatic rings. The predicted octanol–water partition coefficient (Wildman–Crippen LogP) is 0.277. The highest BCUT2D eigenvalue weighted by Gasteiger charge is 2.28. The number of rotatable bonds is 5. The molecule has 6 nitrogen and oxygen atoms in total. The lowest BCUT2D eigenvalue weighted by Crippen LogP contribution is -2.42. The van der Waals surface area contributed by atoms with Crippen molar-refractivity contribution in [3.05, 3.63) is 24.3 Å². The topological polar surface area (TPSA) is 101 Å². The smallest absolute Gasteiger partial charge is 0.243 e. The van der Waals surface area contributed by atoms with Gasteiger partial charge in [-0.1, -0.05) is 0 Å². The van der Waals surface area contributed by atoms with E-state index in [0.717, 1.165) is 4.31 Å². The molecule has 0 spiro atoms. The maximum Gasteiger partial charge on any atom is 0.243 e. The van der Waals surface area contributed by atoms with E-state index in [0.29, 0.717) is 0 Å². The predicted molar refractivity (Wildman–Crippen MR) is 66.3 cm³/mol. The maximum absolute atomic E-state index is 12.3. The van der Waals surface area contributed by atoms with Gasteiger partial charge >= 0.3 is 0 Å². The van der Waals surface area contributed by atoms with Gasteiger partial charge in [-0.3, -0.25) is 4.79 Å². The van der Waals surface area contributed by atoms with Gasteiger partial charge in [-0.2, -0.15) is 4.31 Å². The van der Waals surface area contributed by atoms with Gasteiger partial charge in [-0.15, -0.1) is 0 Å². The van der Waals surface area contributed by atoms with Crippen molar-refractivity contribution in [1.82, 2.24) is 4.31 Å². The number of nitrogens with two attached hydrogens (primary N) is 1. The van der Waals surface area contributed by atoms with Crippen molar-refractivity contribution in [3.63, 3.8) is 0 Å². The van der Waals surface area contributed by atoms with Gasteiger partial charge in [-0.25, -0.2) is 8.42 Å².